The first-order valence-corrected chi connectivity index (χ1v) is 4.10. The summed E-state index contributed by atoms with van der Waals surface area (Å²) < 4.78 is 9.44. The number of esters is 1. The molecule has 2 atom stereocenters. The van der Waals surface area contributed by atoms with Crippen LogP contribution in [0.25, 0.3) is 0 Å². The Kier molecular flexibility index (Phi) is 3.25. The number of rotatable bonds is 5. The minimum Gasteiger partial charge on any atom is -0.481 e. The third kappa shape index (κ3) is 3.02. The lowest BCUT2D eigenvalue weighted by molar-refractivity contribution is -0.142. The van der Waals surface area contributed by atoms with Gasteiger partial charge in [-0.1, -0.05) is 0 Å². The quantitative estimate of drug-likeness (QED) is 0.492. The van der Waals surface area contributed by atoms with E-state index in [1.807, 2.05) is 0 Å². The van der Waals surface area contributed by atoms with Gasteiger partial charge in [-0.3, -0.25) is 4.79 Å². The number of aliphatic carboxylic acids is 1. The van der Waals surface area contributed by atoms with E-state index < -0.39 is 12.1 Å². The van der Waals surface area contributed by atoms with Crippen LogP contribution in [-0.2, 0) is 19.1 Å². The predicted molar refractivity (Wildman–Crippen MR) is 42.2 cm³/mol. The topological polar surface area (TPSA) is 76.1 Å². The van der Waals surface area contributed by atoms with Crippen molar-refractivity contribution in [3.8, 4) is 0 Å². The molecule has 13 heavy (non-hydrogen) atoms. The zero-order chi connectivity index (χ0) is 9.84. The van der Waals surface area contributed by atoms with E-state index >= 15 is 0 Å². The highest BCUT2D eigenvalue weighted by Gasteiger charge is 2.45. The van der Waals surface area contributed by atoms with E-state index in [9.17, 15) is 9.59 Å². The number of carboxylic acids is 1. The smallest absolute Gasteiger partial charge is 0.337 e. The van der Waals surface area contributed by atoms with Gasteiger partial charge < -0.3 is 14.6 Å². The van der Waals surface area contributed by atoms with Crippen molar-refractivity contribution in [3.63, 3.8) is 0 Å². The average molecular weight is 188 g/mol. The first-order chi connectivity index (χ1) is 6.15. The molecule has 1 heterocycles. The number of hydrogen-bond acceptors (Lipinski definition) is 4. The van der Waals surface area contributed by atoms with Crippen LogP contribution in [0.1, 0.15) is 19.3 Å². The second kappa shape index (κ2) is 4.23. The van der Waals surface area contributed by atoms with Crippen molar-refractivity contribution in [1.29, 1.82) is 0 Å². The zero-order valence-corrected chi connectivity index (χ0v) is 7.36. The summed E-state index contributed by atoms with van der Waals surface area (Å²) in [5.74, 6) is -1.20. The van der Waals surface area contributed by atoms with Gasteiger partial charge >= 0.3 is 11.9 Å². The zero-order valence-electron chi connectivity index (χ0n) is 7.36. The number of ether oxygens (including phenoxy) is 2. The lowest BCUT2D eigenvalue weighted by Crippen LogP contribution is -2.11. The second-order valence-electron chi connectivity index (χ2n) is 2.90. The van der Waals surface area contributed by atoms with Crippen LogP contribution in [0.3, 0.4) is 0 Å². The molecule has 0 spiro atoms. The van der Waals surface area contributed by atoms with Crippen molar-refractivity contribution in [1.82, 2.24) is 0 Å². The summed E-state index contributed by atoms with van der Waals surface area (Å²) in [6.07, 6.45) is 0.665. The highest BCUT2D eigenvalue weighted by molar-refractivity contribution is 5.77. The van der Waals surface area contributed by atoms with Gasteiger partial charge in [0.1, 0.15) is 0 Å². The Morgan fingerprint density at radius 2 is 2.23 bits per heavy atom. The summed E-state index contributed by atoms with van der Waals surface area (Å²) in [6.45, 7) is 0. The van der Waals surface area contributed by atoms with Gasteiger partial charge in [-0.2, -0.15) is 0 Å². The summed E-state index contributed by atoms with van der Waals surface area (Å²) in [7, 11) is 1.30. The highest BCUT2D eigenvalue weighted by atomic mass is 16.6. The fraction of sp³-hybridized carbons (Fsp3) is 0.750. The summed E-state index contributed by atoms with van der Waals surface area (Å²) in [6, 6.07) is 0. The van der Waals surface area contributed by atoms with E-state index in [2.05, 4.69) is 4.74 Å². The van der Waals surface area contributed by atoms with E-state index in [1.54, 1.807) is 0 Å². The molecule has 0 radical (unpaired) electrons. The largest absolute Gasteiger partial charge is 0.481 e. The molecule has 0 aliphatic carbocycles. The molecule has 0 aromatic heterocycles. The number of carbonyl (C=O) groups excluding carboxylic acids is 1. The van der Waals surface area contributed by atoms with Crippen LogP contribution in [0.4, 0.5) is 0 Å². The lowest BCUT2D eigenvalue weighted by Gasteiger charge is -1.93. The maximum absolute atomic E-state index is 10.8. The Balaban J connectivity index is 2.07. The van der Waals surface area contributed by atoms with Gasteiger partial charge in [-0.25, -0.2) is 4.79 Å². The van der Waals surface area contributed by atoms with Gasteiger partial charge in [0.25, 0.3) is 0 Å². The Labute approximate surface area is 75.6 Å². The Morgan fingerprint density at radius 3 is 2.77 bits per heavy atom. The first kappa shape index (κ1) is 9.98. The van der Waals surface area contributed by atoms with Gasteiger partial charge in [0.15, 0.2) is 6.10 Å². The van der Waals surface area contributed by atoms with Crippen LogP contribution < -0.4 is 0 Å². The summed E-state index contributed by atoms with van der Waals surface area (Å²) in [5.41, 5.74) is 0. The van der Waals surface area contributed by atoms with Crippen LogP contribution in [-0.4, -0.2) is 36.4 Å². The molecule has 1 aliphatic heterocycles. The van der Waals surface area contributed by atoms with Crippen molar-refractivity contribution in [2.24, 2.45) is 0 Å². The molecule has 1 rings (SSSR count). The molecule has 0 aromatic rings. The normalized spacial score (nSPS) is 25.3. The molecule has 1 saturated heterocycles. The number of hydrogen-bond donors (Lipinski definition) is 1. The predicted octanol–water partition coefficient (Wildman–Crippen LogP) is 0.182. The van der Waals surface area contributed by atoms with Gasteiger partial charge in [0.2, 0.25) is 0 Å². The van der Waals surface area contributed by atoms with Gasteiger partial charge in [0, 0.05) is 6.42 Å². The minimum absolute atomic E-state index is 0.119. The van der Waals surface area contributed by atoms with Crippen molar-refractivity contribution in [3.05, 3.63) is 0 Å². The third-order valence-corrected chi connectivity index (χ3v) is 1.90. The van der Waals surface area contributed by atoms with Gasteiger partial charge in [-0.15, -0.1) is 0 Å². The molecule has 5 nitrogen and oxygen atoms in total. The third-order valence-electron chi connectivity index (χ3n) is 1.90. The van der Waals surface area contributed by atoms with Crippen LogP contribution in [0.2, 0.25) is 0 Å². The molecule has 5 heteroatoms. The summed E-state index contributed by atoms with van der Waals surface area (Å²) in [4.78, 5) is 21.0. The number of epoxide rings is 1. The minimum atomic E-state index is -0.824. The molecule has 1 N–H and O–H groups in total. The molecule has 1 aliphatic rings. The van der Waals surface area contributed by atoms with Crippen LogP contribution in [0, 0.1) is 0 Å². The van der Waals surface area contributed by atoms with Crippen LogP contribution in [0.5, 0.6) is 0 Å². The van der Waals surface area contributed by atoms with Crippen molar-refractivity contribution >= 4 is 11.9 Å². The Bertz CT molecular complexity index is 213. The van der Waals surface area contributed by atoms with E-state index in [1.165, 1.54) is 7.11 Å². The molecule has 0 bridgehead atoms. The first-order valence-electron chi connectivity index (χ1n) is 4.10. The fourth-order valence-electron chi connectivity index (χ4n) is 1.14. The SMILES string of the molecule is COC(=O)C1OC1CCCC(=O)O. The monoisotopic (exact) mass is 188 g/mol. The highest BCUT2D eigenvalue weighted by Crippen LogP contribution is 2.27. The molecule has 0 saturated carbocycles. The molecule has 74 valence electrons. The molecular weight excluding hydrogens is 176 g/mol. The fourth-order valence-corrected chi connectivity index (χ4v) is 1.14. The number of carbonyl (C=O) groups is 2. The van der Waals surface area contributed by atoms with Crippen LogP contribution in [0.15, 0.2) is 0 Å². The summed E-state index contributed by atoms with van der Waals surface area (Å²) in [5, 5.41) is 8.34. The van der Waals surface area contributed by atoms with Crippen molar-refractivity contribution in [2.75, 3.05) is 7.11 Å². The Morgan fingerprint density at radius 1 is 1.54 bits per heavy atom. The molecule has 2 unspecified atom stereocenters. The van der Waals surface area contributed by atoms with E-state index in [4.69, 9.17) is 9.84 Å². The van der Waals surface area contributed by atoms with Crippen LogP contribution >= 0.6 is 0 Å². The number of carboxylic acid groups (broad SMARTS) is 1. The van der Waals surface area contributed by atoms with E-state index in [0.29, 0.717) is 12.8 Å². The number of methoxy groups -OCH3 is 1. The van der Waals surface area contributed by atoms with E-state index in [-0.39, 0.29) is 18.5 Å². The standard InChI is InChI=1S/C8H12O5/c1-12-8(11)7-5(13-7)3-2-4-6(9)10/h5,7H,2-4H2,1H3,(H,9,10). The molecule has 0 amide bonds. The maximum atomic E-state index is 10.8. The summed E-state index contributed by atoms with van der Waals surface area (Å²) >= 11 is 0. The lowest BCUT2D eigenvalue weighted by atomic mass is 10.1. The second-order valence-corrected chi connectivity index (χ2v) is 2.90. The van der Waals surface area contributed by atoms with E-state index in [0.717, 1.165) is 0 Å². The molecular formula is C8H12O5. The van der Waals surface area contributed by atoms with Crippen molar-refractivity contribution in [2.45, 2.75) is 31.5 Å². The molecule has 1 fully saturated rings. The average Bonchev–Trinajstić information content (AvgIpc) is 2.82. The van der Waals surface area contributed by atoms with Gasteiger partial charge in [-0.05, 0) is 12.8 Å². The Hall–Kier alpha value is -1.10. The maximum Gasteiger partial charge on any atom is 0.337 e. The van der Waals surface area contributed by atoms with Crippen molar-refractivity contribution < 1.29 is 24.2 Å². The van der Waals surface area contributed by atoms with Gasteiger partial charge in [0.05, 0.1) is 13.2 Å². The molecule has 0 aromatic carbocycles.